The van der Waals surface area contributed by atoms with Gasteiger partial charge in [0.15, 0.2) is 0 Å². The van der Waals surface area contributed by atoms with Gasteiger partial charge >= 0.3 is 5.97 Å². The maximum absolute atomic E-state index is 12.4. The molecule has 0 amide bonds. The first-order chi connectivity index (χ1) is 10.9. The highest BCUT2D eigenvalue weighted by Gasteiger charge is 2.49. The lowest BCUT2D eigenvalue weighted by molar-refractivity contribution is -0.160. The van der Waals surface area contributed by atoms with Crippen molar-refractivity contribution in [2.24, 2.45) is 11.3 Å². The molecule has 2 atom stereocenters. The number of esters is 1. The molecule has 1 fully saturated rings. The van der Waals surface area contributed by atoms with Crippen LogP contribution in [0.5, 0.6) is 0 Å². The maximum atomic E-state index is 12.4. The zero-order valence-corrected chi connectivity index (χ0v) is 14.2. The van der Waals surface area contributed by atoms with E-state index in [0.29, 0.717) is 32.5 Å². The van der Waals surface area contributed by atoms with Gasteiger partial charge in [0.1, 0.15) is 5.92 Å². The minimum absolute atomic E-state index is 0.290. The average Bonchev–Trinajstić information content (AvgIpc) is 2.48. The summed E-state index contributed by atoms with van der Waals surface area (Å²) in [5.74, 6) is -1.19. The Balaban J connectivity index is 2.38. The van der Waals surface area contributed by atoms with Crippen LogP contribution in [0, 0.1) is 22.7 Å². The van der Waals surface area contributed by atoms with Crippen LogP contribution in [0.3, 0.4) is 0 Å². The highest BCUT2D eigenvalue weighted by atomic mass is 16.5. The molecule has 23 heavy (non-hydrogen) atoms. The minimum atomic E-state index is -0.772. The van der Waals surface area contributed by atoms with Gasteiger partial charge in [-0.15, -0.1) is 0 Å². The standard InChI is InChI=1S/C19H25NO3/c1-4-22-17(21)16(13-20)19(10-11-23-18(2,3)14-19)12-15-8-6-5-7-9-15/h5-9,16H,4,10-12,14H2,1-3H3/t16-,19+/m0/s1. The normalized spacial score (nSPS) is 24.4. The molecule has 1 saturated heterocycles. The Kier molecular flexibility index (Phi) is 5.43. The molecule has 0 radical (unpaired) electrons. The fraction of sp³-hybridized carbons (Fsp3) is 0.579. The van der Waals surface area contributed by atoms with Crippen LogP contribution >= 0.6 is 0 Å². The van der Waals surface area contributed by atoms with Crippen LogP contribution in [0.25, 0.3) is 0 Å². The van der Waals surface area contributed by atoms with E-state index in [1.54, 1.807) is 6.92 Å². The summed E-state index contributed by atoms with van der Waals surface area (Å²) in [6.45, 7) is 6.65. The van der Waals surface area contributed by atoms with Crippen molar-refractivity contribution in [3.8, 4) is 6.07 Å². The maximum Gasteiger partial charge on any atom is 0.323 e. The number of nitriles is 1. The molecule has 0 aliphatic carbocycles. The van der Waals surface area contributed by atoms with E-state index in [-0.39, 0.29) is 5.60 Å². The third-order valence-electron chi connectivity index (χ3n) is 4.53. The smallest absolute Gasteiger partial charge is 0.323 e. The number of ether oxygens (including phenoxy) is 2. The van der Waals surface area contributed by atoms with Gasteiger partial charge in [-0.25, -0.2) is 0 Å². The SMILES string of the molecule is CCOC(=O)[C@H](C#N)[C@@]1(Cc2ccccc2)CCOC(C)(C)C1. The molecule has 0 aromatic heterocycles. The second kappa shape index (κ2) is 7.14. The lowest BCUT2D eigenvalue weighted by atomic mass is 9.63. The van der Waals surface area contributed by atoms with Crippen molar-refractivity contribution >= 4 is 5.97 Å². The van der Waals surface area contributed by atoms with Crippen LogP contribution in [0.1, 0.15) is 39.2 Å². The highest BCUT2D eigenvalue weighted by Crippen LogP contribution is 2.47. The molecule has 2 rings (SSSR count). The molecule has 0 spiro atoms. The van der Waals surface area contributed by atoms with Gasteiger partial charge in [0.25, 0.3) is 0 Å². The van der Waals surface area contributed by atoms with E-state index < -0.39 is 17.3 Å². The Bertz CT molecular complexity index is 576. The van der Waals surface area contributed by atoms with E-state index in [1.807, 2.05) is 44.2 Å². The number of carbonyl (C=O) groups is 1. The van der Waals surface area contributed by atoms with Gasteiger partial charge in [-0.2, -0.15) is 5.26 Å². The second-order valence-corrected chi connectivity index (χ2v) is 6.87. The lowest BCUT2D eigenvalue weighted by Gasteiger charge is -2.46. The second-order valence-electron chi connectivity index (χ2n) is 6.87. The van der Waals surface area contributed by atoms with Crippen molar-refractivity contribution < 1.29 is 14.3 Å². The molecule has 0 saturated carbocycles. The third kappa shape index (κ3) is 4.11. The van der Waals surface area contributed by atoms with Crippen LogP contribution in [0.15, 0.2) is 30.3 Å². The molecule has 1 aromatic carbocycles. The van der Waals surface area contributed by atoms with Gasteiger partial charge in [-0.1, -0.05) is 30.3 Å². The van der Waals surface area contributed by atoms with Crippen LogP contribution in [-0.2, 0) is 20.7 Å². The van der Waals surface area contributed by atoms with E-state index in [0.717, 1.165) is 5.56 Å². The number of hydrogen-bond donors (Lipinski definition) is 0. The molecule has 0 bridgehead atoms. The van der Waals surface area contributed by atoms with E-state index >= 15 is 0 Å². The van der Waals surface area contributed by atoms with Crippen LogP contribution in [0.4, 0.5) is 0 Å². The van der Waals surface area contributed by atoms with Crippen molar-refractivity contribution in [2.45, 2.75) is 45.6 Å². The van der Waals surface area contributed by atoms with Crippen LogP contribution in [0.2, 0.25) is 0 Å². The van der Waals surface area contributed by atoms with Gasteiger partial charge in [0, 0.05) is 12.0 Å². The summed E-state index contributed by atoms with van der Waals surface area (Å²) in [6, 6.07) is 12.3. The fourth-order valence-corrected chi connectivity index (χ4v) is 3.68. The molecule has 0 unspecified atom stereocenters. The van der Waals surface area contributed by atoms with Crippen LogP contribution < -0.4 is 0 Å². The lowest BCUT2D eigenvalue weighted by Crippen LogP contribution is -2.48. The molecule has 1 heterocycles. The molecule has 4 nitrogen and oxygen atoms in total. The summed E-state index contributed by atoms with van der Waals surface area (Å²) >= 11 is 0. The minimum Gasteiger partial charge on any atom is -0.465 e. The Morgan fingerprint density at radius 3 is 2.65 bits per heavy atom. The zero-order valence-electron chi connectivity index (χ0n) is 14.2. The van der Waals surface area contributed by atoms with E-state index in [4.69, 9.17) is 9.47 Å². The number of benzene rings is 1. The number of carbonyl (C=O) groups excluding carboxylic acids is 1. The summed E-state index contributed by atoms with van der Waals surface area (Å²) in [4.78, 5) is 12.4. The first-order valence-electron chi connectivity index (χ1n) is 8.16. The number of nitrogens with zero attached hydrogens (tertiary/aromatic N) is 1. The highest BCUT2D eigenvalue weighted by molar-refractivity contribution is 5.76. The van der Waals surface area contributed by atoms with Crippen molar-refractivity contribution in [3.05, 3.63) is 35.9 Å². The van der Waals surface area contributed by atoms with Crippen molar-refractivity contribution in [2.75, 3.05) is 13.2 Å². The fourth-order valence-electron chi connectivity index (χ4n) is 3.68. The Hall–Kier alpha value is -1.86. The third-order valence-corrected chi connectivity index (χ3v) is 4.53. The molecule has 1 aliphatic heterocycles. The van der Waals surface area contributed by atoms with Crippen molar-refractivity contribution in [1.29, 1.82) is 5.26 Å². The van der Waals surface area contributed by atoms with Gasteiger partial charge in [0.2, 0.25) is 0 Å². The monoisotopic (exact) mass is 315 g/mol. The van der Waals surface area contributed by atoms with E-state index in [9.17, 15) is 10.1 Å². The Labute approximate surface area is 138 Å². The quantitative estimate of drug-likeness (QED) is 0.780. The van der Waals surface area contributed by atoms with Gasteiger partial charge in [0.05, 0.1) is 18.3 Å². The molecular formula is C19H25NO3. The van der Waals surface area contributed by atoms with Gasteiger partial charge in [-0.05, 0) is 45.6 Å². The number of rotatable bonds is 5. The van der Waals surface area contributed by atoms with Gasteiger partial charge < -0.3 is 9.47 Å². The predicted octanol–water partition coefficient (Wildman–Crippen LogP) is 3.51. The average molecular weight is 315 g/mol. The first kappa shape index (κ1) is 17.5. The Morgan fingerprint density at radius 2 is 2.09 bits per heavy atom. The summed E-state index contributed by atoms with van der Waals surface area (Å²) in [6.07, 6.45) is 2.02. The number of hydrogen-bond acceptors (Lipinski definition) is 4. The predicted molar refractivity (Wildman–Crippen MR) is 87.6 cm³/mol. The van der Waals surface area contributed by atoms with Crippen molar-refractivity contribution in [3.63, 3.8) is 0 Å². The summed E-state index contributed by atoms with van der Waals surface area (Å²) in [5, 5.41) is 9.70. The van der Waals surface area contributed by atoms with Gasteiger partial charge in [-0.3, -0.25) is 4.79 Å². The molecule has 0 N–H and O–H groups in total. The first-order valence-corrected chi connectivity index (χ1v) is 8.16. The molecule has 1 aliphatic rings. The van der Waals surface area contributed by atoms with Crippen molar-refractivity contribution in [1.82, 2.24) is 0 Å². The molecule has 4 heteroatoms. The largest absolute Gasteiger partial charge is 0.465 e. The molecule has 1 aromatic rings. The van der Waals surface area contributed by atoms with E-state index in [1.165, 1.54) is 0 Å². The zero-order chi connectivity index (χ0) is 16.9. The summed E-state index contributed by atoms with van der Waals surface area (Å²) < 4.78 is 11.0. The summed E-state index contributed by atoms with van der Waals surface area (Å²) in [5.41, 5.74) is 0.327. The summed E-state index contributed by atoms with van der Waals surface area (Å²) in [7, 11) is 0. The molecule has 124 valence electrons. The topological polar surface area (TPSA) is 59.3 Å². The Morgan fingerprint density at radius 1 is 1.39 bits per heavy atom. The van der Waals surface area contributed by atoms with E-state index in [2.05, 4.69) is 6.07 Å². The van der Waals surface area contributed by atoms with Crippen LogP contribution in [-0.4, -0.2) is 24.8 Å². The molecular weight excluding hydrogens is 290 g/mol.